The maximum Gasteiger partial charge on any atom is 0.269 e. The van der Waals surface area contributed by atoms with Gasteiger partial charge in [0.05, 0.1) is 15.1 Å². The van der Waals surface area contributed by atoms with Crippen LogP contribution in [0.2, 0.25) is 0 Å². The number of sulfonamides is 1. The number of nitrogens with zero attached hydrogens (tertiary/aromatic N) is 2. The SMILES string of the molecule is Cc1ccc2sc(NNC(=O)c3ccc(S(=O)(=O)N4C[C@@H](C)C[C@H](C)C4)cc3)nc2c1C. The number of hydrogen-bond acceptors (Lipinski definition) is 6. The monoisotopic (exact) mass is 472 g/mol. The van der Waals surface area contributed by atoms with Crippen molar-refractivity contribution >= 4 is 42.6 Å². The Morgan fingerprint density at radius 2 is 1.72 bits per heavy atom. The predicted octanol–water partition coefficient (Wildman–Crippen LogP) is 4.34. The minimum Gasteiger partial charge on any atom is -0.273 e. The van der Waals surface area contributed by atoms with Gasteiger partial charge in [0.1, 0.15) is 0 Å². The number of hydrazine groups is 1. The van der Waals surface area contributed by atoms with Crippen LogP contribution in [-0.2, 0) is 10.0 Å². The molecule has 1 aliphatic heterocycles. The Kier molecular flexibility index (Phi) is 6.24. The van der Waals surface area contributed by atoms with E-state index in [0.29, 0.717) is 35.6 Å². The average Bonchev–Trinajstić information content (AvgIpc) is 3.18. The summed E-state index contributed by atoms with van der Waals surface area (Å²) in [5, 5.41) is 0.592. The number of aromatic nitrogens is 1. The van der Waals surface area contributed by atoms with Crippen molar-refractivity contribution < 1.29 is 13.2 Å². The van der Waals surface area contributed by atoms with Crippen molar-refractivity contribution in [2.24, 2.45) is 11.8 Å². The number of anilines is 1. The summed E-state index contributed by atoms with van der Waals surface area (Å²) in [5.41, 5.74) is 9.08. The van der Waals surface area contributed by atoms with Crippen molar-refractivity contribution in [2.45, 2.75) is 39.0 Å². The van der Waals surface area contributed by atoms with E-state index in [1.54, 1.807) is 4.31 Å². The number of piperidine rings is 1. The van der Waals surface area contributed by atoms with Crippen LogP contribution >= 0.6 is 11.3 Å². The van der Waals surface area contributed by atoms with Gasteiger partial charge in [-0.3, -0.25) is 15.6 Å². The Bertz CT molecular complexity index is 1240. The third kappa shape index (κ3) is 4.51. The zero-order valence-corrected chi connectivity index (χ0v) is 20.3. The standard InChI is InChI=1S/C23H28N4O3S2/c1-14-11-15(2)13-27(12-14)32(29,30)19-8-6-18(7-9-19)22(28)25-26-23-24-21-17(4)16(3)5-10-20(21)31-23/h5-10,14-15H,11-13H2,1-4H3,(H,24,26)(H,25,28)/t14-,15-/m0/s1. The van der Waals surface area contributed by atoms with E-state index >= 15 is 0 Å². The van der Waals surface area contributed by atoms with Crippen LogP contribution in [0, 0.1) is 25.7 Å². The van der Waals surface area contributed by atoms with Crippen molar-refractivity contribution in [3.63, 3.8) is 0 Å². The summed E-state index contributed by atoms with van der Waals surface area (Å²) in [5.74, 6) is 0.307. The van der Waals surface area contributed by atoms with Crippen molar-refractivity contribution in [3.8, 4) is 0 Å². The van der Waals surface area contributed by atoms with Crippen LogP contribution in [0.25, 0.3) is 10.2 Å². The zero-order valence-electron chi connectivity index (χ0n) is 18.7. The molecule has 2 N–H and O–H groups in total. The molecule has 0 unspecified atom stereocenters. The number of fused-ring (bicyclic) bond motifs is 1. The number of amides is 1. The third-order valence-corrected chi connectivity index (χ3v) is 8.74. The molecule has 0 radical (unpaired) electrons. The van der Waals surface area contributed by atoms with Gasteiger partial charge in [0.2, 0.25) is 15.2 Å². The van der Waals surface area contributed by atoms with Gasteiger partial charge in [0.15, 0.2) is 0 Å². The average molecular weight is 473 g/mol. The smallest absolute Gasteiger partial charge is 0.269 e. The highest BCUT2D eigenvalue weighted by Crippen LogP contribution is 2.29. The molecule has 0 saturated carbocycles. The quantitative estimate of drug-likeness (QED) is 0.539. The lowest BCUT2D eigenvalue weighted by Crippen LogP contribution is -2.42. The molecule has 4 rings (SSSR count). The van der Waals surface area contributed by atoms with E-state index in [2.05, 4.69) is 35.7 Å². The maximum absolute atomic E-state index is 13.0. The Morgan fingerprint density at radius 3 is 2.38 bits per heavy atom. The first kappa shape index (κ1) is 22.7. The first-order chi connectivity index (χ1) is 15.1. The summed E-state index contributed by atoms with van der Waals surface area (Å²) in [7, 11) is -3.57. The first-order valence-electron chi connectivity index (χ1n) is 10.7. The highest BCUT2D eigenvalue weighted by atomic mass is 32.2. The van der Waals surface area contributed by atoms with Crippen LogP contribution in [0.15, 0.2) is 41.3 Å². The fourth-order valence-corrected chi connectivity index (χ4v) is 6.75. The first-order valence-corrected chi connectivity index (χ1v) is 12.9. The number of hydrogen-bond donors (Lipinski definition) is 2. The third-order valence-electron chi connectivity index (χ3n) is 5.96. The number of benzene rings is 2. The van der Waals surface area contributed by atoms with Gasteiger partial charge in [-0.15, -0.1) is 0 Å². The molecule has 32 heavy (non-hydrogen) atoms. The summed E-state index contributed by atoms with van der Waals surface area (Å²) in [6, 6.07) is 10.1. The number of carbonyl (C=O) groups is 1. The molecule has 1 fully saturated rings. The minimum atomic E-state index is -3.57. The van der Waals surface area contributed by atoms with Gasteiger partial charge in [-0.05, 0) is 73.6 Å². The summed E-state index contributed by atoms with van der Waals surface area (Å²) < 4.78 is 28.6. The van der Waals surface area contributed by atoms with Crippen LogP contribution in [-0.4, -0.2) is 36.7 Å². The predicted molar refractivity (Wildman–Crippen MR) is 128 cm³/mol. The molecule has 3 aromatic rings. The second kappa shape index (κ2) is 8.80. The van der Waals surface area contributed by atoms with Gasteiger partial charge >= 0.3 is 0 Å². The van der Waals surface area contributed by atoms with E-state index in [9.17, 15) is 13.2 Å². The van der Waals surface area contributed by atoms with Crippen LogP contribution in [0.1, 0.15) is 41.8 Å². The molecule has 1 saturated heterocycles. The highest BCUT2D eigenvalue weighted by Gasteiger charge is 2.31. The number of carbonyl (C=O) groups excluding carboxylic acids is 1. The molecule has 1 amide bonds. The number of rotatable bonds is 5. The van der Waals surface area contributed by atoms with Gasteiger partial charge in [-0.25, -0.2) is 13.4 Å². The maximum atomic E-state index is 13.0. The molecular weight excluding hydrogens is 444 g/mol. The zero-order chi connectivity index (χ0) is 23.0. The molecule has 1 aliphatic rings. The van der Waals surface area contributed by atoms with Gasteiger partial charge in [0, 0.05) is 18.7 Å². The fraction of sp³-hybridized carbons (Fsp3) is 0.391. The van der Waals surface area contributed by atoms with E-state index in [4.69, 9.17) is 0 Å². The summed E-state index contributed by atoms with van der Waals surface area (Å²) >= 11 is 1.46. The summed E-state index contributed by atoms with van der Waals surface area (Å²) in [6.07, 6.45) is 1.03. The largest absolute Gasteiger partial charge is 0.273 e. The second-order valence-corrected chi connectivity index (χ2v) is 11.7. The van der Waals surface area contributed by atoms with E-state index in [0.717, 1.165) is 22.2 Å². The molecule has 170 valence electrons. The lowest BCUT2D eigenvalue weighted by molar-refractivity contribution is 0.0962. The molecule has 9 heteroatoms. The van der Waals surface area contributed by atoms with Crippen molar-refractivity contribution in [2.75, 3.05) is 18.5 Å². The number of aryl methyl sites for hydroxylation is 2. The Labute approximate surface area is 192 Å². The molecule has 0 aliphatic carbocycles. The van der Waals surface area contributed by atoms with Crippen molar-refractivity contribution in [1.82, 2.24) is 14.7 Å². The minimum absolute atomic E-state index is 0.209. The van der Waals surface area contributed by atoms with Gasteiger partial charge < -0.3 is 0 Å². The van der Waals surface area contributed by atoms with Crippen LogP contribution in [0.3, 0.4) is 0 Å². The Hall–Kier alpha value is -2.49. The number of nitrogens with one attached hydrogen (secondary N) is 2. The molecule has 0 spiro atoms. The lowest BCUT2D eigenvalue weighted by atomic mass is 9.94. The van der Waals surface area contributed by atoms with Crippen LogP contribution in [0.5, 0.6) is 0 Å². The molecule has 2 aromatic carbocycles. The van der Waals surface area contributed by atoms with Gasteiger partial charge in [0.25, 0.3) is 5.91 Å². The highest BCUT2D eigenvalue weighted by molar-refractivity contribution is 7.89. The second-order valence-electron chi connectivity index (χ2n) is 8.74. The summed E-state index contributed by atoms with van der Waals surface area (Å²) in [4.78, 5) is 17.3. The number of thiazole rings is 1. The molecule has 0 bridgehead atoms. The van der Waals surface area contributed by atoms with E-state index < -0.39 is 10.0 Å². The lowest BCUT2D eigenvalue weighted by Gasteiger charge is -2.34. The van der Waals surface area contributed by atoms with Gasteiger partial charge in [-0.2, -0.15) is 4.31 Å². The molecule has 7 nitrogen and oxygen atoms in total. The van der Waals surface area contributed by atoms with Crippen molar-refractivity contribution in [3.05, 3.63) is 53.1 Å². The molecule has 2 heterocycles. The van der Waals surface area contributed by atoms with E-state index in [1.807, 2.05) is 19.9 Å². The van der Waals surface area contributed by atoms with Gasteiger partial charge in [-0.1, -0.05) is 31.3 Å². The normalized spacial score (nSPS) is 19.8. The van der Waals surface area contributed by atoms with E-state index in [-0.39, 0.29) is 10.8 Å². The van der Waals surface area contributed by atoms with Crippen LogP contribution < -0.4 is 10.9 Å². The fourth-order valence-electron chi connectivity index (χ4n) is 4.19. The van der Waals surface area contributed by atoms with E-state index in [1.165, 1.54) is 41.2 Å². The topological polar surface area (TPSA) is 91.4 Å². The van der Waals surface area contributed by atoms with Crippen molar-refractivity contribution in [1.29, 1.82) is 0 Å². The Morgan fingerprint density at radius 1 is 1.06 bits per heavy atom. The Balaban J connectivity index is 1.44. The molecule has 1 aromatic heterocycles. The van der Waals surface area contributed by atoms with Crippen LogP contribution in [0.4, 0.5) is 5.13 Å². The molecular formula is C23H28N4O3S2. The summed E-state index contributed by atoms with van der Waals surface area (Å²) in [6.45, 7) is 9.28. The molecule has 2 atom stereocenters.